The van der Waals surface area contributed by atoms with Crippen molar-refractivity contribution in [3.05, 3.63) is 159 Å². The lowest BCUT2D eigenvalue weighted by Crippen LogP contribution is -2.40. The number of esters is 1. The minimum atomic E-state index is -0.933. The molecule has 0 amide bonds. The Balaban J connectivity index is 1.55. The number of hydrogen-bond acceptors (Lipinski definition) is 11. The molecule has 0 saturated heterocycles. The second kappa shape index (κ2) is 13.8. The number of nitro benzene ring substituents is 2. The highest BCUT2D eigenvalue weighted by Gasteiger charge is 2.35. The van der Waals surface area contributed by atoms with Crippen LogP contribution in [0.4, 0.5) is 11.4 Å². The molecule has 0 unspecified atom stereocenters. The topological polar surface area (TPSA) is 165 Å². The smallest absolute Gasteiger partial charge is 0.338 e. The molecule has 2 heterocycles. The summed E-state index contributed by atoms with van der Waals surface area (Å²) in [6.45, 7) is 1.80. The Bertz CT molecular complexity index is 2330. The van der Waals surface area contributed by atoms with Crippen LogP contribution in [0, 0.1) is 20.2 Å². The van der Waals surface area contributed by atoms with E-state index < -0.39 is 38.8 Å². The summed E-state index contributed by atoms with van der Waals surface area (Å²) in [4.78, 5) is 54.6. The van der Waals surface area contributed by atoms with Gasteiger partial charge in [-0.1, -0.05) is 72.0 Å². The standard InChI is InChI=1S/C35H26N4O9S/c1-3-47-34(41)30-31(21-10-5-4-6-11-21)36-35-37(32(30)23-13-9-14-25(18-23)46-2)33(40)29(49-35)19-22-12-7-8-15-27(22)48-28-17-16-24(38(42)43)20-26(28)39(44)45/h4-20,32H,3H2,1-2H3/b29-19+/t32-/m0/s1. The van der Waals surface area contributed by atoms with Gasteiger partial charge in [0.15, 0.2) is 4.80 Å². The first-order valence-electron chi connectivity index (χ1n) is 14.8. The second-order valence-electron chi connectivity index (χ2n) is 10.5. The van der Waals surface area contributed by atoms with Crippen molar-refractivity contribution >= 4 is 40.5 Å². The Kier molecular flexibility index (Phi) is 9.13. The normalized spacial score (nSPS) is 14.1. The van der Waals surface area contributed by atoms with Crippen molar-refractivity contribution in [2.45, 2.75) is 13.0 Å². The molecule has 49 heavy (non-hydrogen) atoms. The molecule has 246 valence electrons. The number of ether oxygens (including phenoxy) is 3. The number of nitro groups is 2. The number of rotatable bonds is 10. The van der Waals surface area contributed by atoms with Crippen LogP contribution in [0.2, 0.25) is 0 Å². The lowest BCUT2D eigenvalue weighted by molar-refractivity contribution is -0.394. The van der Waals surface area contributed by atoms with Crippen LogP contribution < -0.4 is 24.4 Å². The van der Waals surface area contributed by atoms with Gasteiger partial charge in [-0.3, -0.25) is 29.6 Å². The largest absolute Gasteiger partial charge is 0.497 e. The minimum absolute atomic E-state index is 0.101. The number of methoxy groups -OCH3 is 1. The number of nitrogens with zero attached hydrogens (tertiary/aromatic N) is 4. The zero-order chi connectivity index (χ0) is 34.7. The second-order valence-corrected chi connectivity index (χ2v) is 11.5. The molecule has 1 aliphatic rings. The molecule has 6 rings (SSSR count). The molecule has 0 fully saturated rings. The van der Waals surface area contributed by atoms with Crippen LogP contribution >= 0.6 is 11.3 Å². The van der Waals surface area contributed by atoms with E-state index in [4.69, 9.17) is 19.2 Å². The molecule has 0 aliphatic carbocycles. The van der Waals surface area contributed by atoms with Crippen LogP contribution in [0.5, 0.6) is 17.2 Å². The quantitative estimate of drug-likeness (QED) is 0.105. The molecule has 0 N–H and O–H groups in total. The van der Waals surface area contributed by atoms with E-state index >= 15 is 0 Å². The Morgan fingerprint density at radius 1 is 0.939 bits per heavy atom. The maximum absolute atomic E-state index is 14.3. The summed E-state index contributed by atoms with van der Waals surface area (Å²) in [5.74, 6) is -0.169. The first kappa shape index (κ1) is 32.5. The first-order valence-corrected chi connectivity index (χ1v) is 15.6. The van der Waals surface area contributed by atoms with Crippen molar-refractivity contribution in [2.75, 3.05) is 13.7 Å². The number of hydrogen-bond donors (Lipinski definition) is 0. The maximum atomic E-state index is 14.3. The monoisotopic (exact) mass is 678 g/mol. The van der Waals surface area contributed by atoms with Crippen LogP contribution in [0.3, 0.4) is 0 Å². The third kappa shape index (κ3) is 6.44. The zero-order valence-corrected chi connectivity index (χ0v) is 26.8. The molecular weight excluding hydrogens is 652 g/mol. The van der Waals surface area contributed by atoms with Gasteiger partial charge in [0.2, 0.25) is 5.75 Å². The summed E-state index contributed by atoms with van der Waals surface area (Å²) in [6.07, 6.45) is 1.56. The van der Waals surface area contributed by atoms with Crippen LogP contribution in [0.15, 0.2) is 112 Å². The molecule has 14 heteroatoms. The third-order valence-electron chi connectivity index (χ3n) is 7.56. The number of thiazole rings is 1. The molecular formula is C35H26N4O9S. The van der Waals surface area contributed by atoms with Crippen LogP contribution in [0.1, 0.15) is 29.7 Å². The summed E-state index contributed by atoms with van der Waals surface area (Å²) in [5.41, 5.74) is 0.654. The average molecular weight is 679 g/mol. The molecule has 13 nitrogen and oxygen atoms in total. The molecule has 0 spiro atoms. The van der Waals surface area contributed by atoms with Gasteiger partial charge in [0.1, 0.15) is 11.5 Å². The summed E-state index contributed by atoms with van der Waals surface area (Å²) in [7, 11) is 1.52. The summed E-state index contributed by atoms with van der Waals surface area (Å²) in [6, 6.07) is 24.9. The van der Waals surface area contributed by atoms with E-state index in [1.165, 1.54) is 11.7 Å². The molecule has 4 aromatic carbocycles. The van der Waals surface area contributed by atoms with Gasteiger partial charge in [0, 0.05) is 17.2 Å². The Morgan fingerprint density at radius 2 is 1.69 bits per heavy atom. The van der Waals surface area contributed by atoms with E-state index in [9.17, 15) is 29.8 Å². The zero-order valence-electron chi connectivity index (χ0n) is 26.0. The van der Waals surface area contributed by atoms with Crippen LogP contribution in [-0.4, -0.2) is 34.1 Å². The van der Waals surface area contributed by atoms with E-state index in [2.05, 4.69) is 0 Å². The summed E-state index contributed by atoms with van der Waals surface area (Å²) in [5, 5.41) is 23.0. The summed E-state index contributed by atoms with van der Waals surface area (Å²) < 4.78 is 18.6. The first-order chi connectivity index (χ1) is 23.7. The van der Waals surface area contributed by atoms with E-state index in [1.54, 1.807) is 61.5 Å². The number of non-ortho nitro benzene ring substituents is 1. The maximum Gasteiger partial charge on any atom is 0.338 e. The lowest BCUT2D eigenvalue weighted by Gasteiger charge is -2.26. The van der Waals surface area contributed by atoms with Gasteiger partial charge >= 0.3 is 11.7 Å². The van der Waals surface area contributed by atoms with Gasteiger partial charge in [-0.05, 0) is 42.8 Å². The Labute approximate surface area is 281 Å². The SMILES string of the molecule is CCOC(=O)C1=C(c2ccccc2)N=c2s/c(=C/c3ccccc3Oc3ccc([N+](=O)[O-])cc3[N+](=O)[O-])c(=O)n2[C@H]1c1cccc(OC)c1. The average Bonchev–Trinajstić information content (AvgIpc) is 3.42. The van der Waals surface area contributed by atoms with Crippen molar-refractivity contribution in [3.63, 3.8) is 0 Å². The molecule has 1 atom stereocenters. The highest BCUT2D eigenvalue weighted by Crippen LogP contribution is 2.37. The number of carbonyl (C=O) groups is 1. The fourth-order valence-corrected chi connectivity index (χ4v) is 6.36. The summed E-state index contributed by atoms with van der Waals surface area (Å²) >= 11 is 1.09. The van der Waals surface area contributed by atoms with Crippen molar-refractivity contribution in [1.29, 1.82) is 0 Å². The third-order valence-corrected chi connectivity index (χ3v) is 8.54. The van der Waals surface area contributed by atoms with Crippen LogP contribution in [0.25, 0.3) is 11.8 Å². The molecule has 0 radical (unpaired) electrons. The van der Waals surface area contributed by atoms with Crippen molar-refractivity contribution < 1.29 is 28.9 Å². The van der Waals surface area contributed by atoms with Gasteiger partial charge < -0.3 is 14.2 Å². The van der Waals surface area contributed by atoms with Crippen molar-refractivity contribution in [1.82, 2.24) is 4.57 Å². The minimum Gasteiger partial charge on any atom is -0.497 e. The molecule has 0 saturated carbocycles. The highest BCUT2D eigenvalue weighted by molar-refractivity contribution is 7.07. The number of carbonyl (C=O) groups excluding carboxylic acids is 1. The number of fused-ring (bicyclic) bond motifs is 1. The number of para-hydroxylation sites is 1. The van der Waals surface area contributed by atoms with Crippen molar-refractivity contribution in [2.24, 2.45) is 4.99 Å². The molecule has 5 aromatic rings. The van der Waals surface area contributed by atoms with Crippen molar-refractivity contribution in [3.8, 4) is 17.2 Å². The molecule has 0 bridgehead atoms. The van der Waals surface area contributed by atoms with Gasteiger partial charge in [-0.15, -0.1) is 0 Å². The lowest BCUT2D eigenvalue weighted by atomic mass is 9.93. The number of aromatic nitrogens is 1. The van der Waals surface area contributed by atoms with E-state index in [0.717, 1.165) is 29.5 Å². The van der Waals surface area contributed by atoms with E-state index in [-0.39, 0.29) is 28.2 Å². The highest BCUT2D eigenvalue weighted by atomic mass is 32.1. The Morgan fingerprint density at radius 3 is 2.41 bits per heavy atom. The fraction of sp³-hybridized carbons (Fsp3) is 0.114. The van der Waals surface area contributed by atoms with Gasteiger partial charge in [0.25, 0.3) is 11.2 Å². The van der Waals surface area contributed by atoms with Crippen LogP contribution in [-0.2, 0) is 9.53 Å². The molecule has 1 aliphatic heterocycles. The van der Waals surface area contributed by atoms with Gasteiger partial charge in [-0.2, -0.15) is 0 Å². The number of benzene rings is 4. The van der Waals surface area contributed by atoms with Gasteiger partial charge in [-0.25, -0.2) is 9.79 Å². The predicted molar refractivity (Wildman–Crippen MR) is 180 cm³/mol. The Hall–Kier alpha value is -6.41. The fourth-order valence-electron chi connectivity index (χ4n) is 5.37. The predicted octanol–water partition coefficient (Wildman–Crippen LogP) is 5.55. The van der Waals surface area contributed by atoms with Gasteiger partial charge in [0.05, 0.1) is 51.5 Å². The van der Waals surface area contributed by atoms with E-state index in [1.807, 2.05) is 30.3 Å². The molecule has 1 aromatic heterocycles. The van der Waals surface area contributed by atoms with E-state index in [0.29, 0.717) is 32.9 Å².